The van der Waals surface area contributed by atoms with Gasteiger partial charge in [0.05, 0.1) is 12.6 Å². The molecule has 5 nitrogen and oxygen atoms in total. The molecule has 5 heteroatoms. The molecular formula is C10H16N2O3. The minimum Gasteiger partial charge on any atom is -0.443 e. The third kappa shape index (κ3) is 2.47. The Balaban J connectivity index is 1.86. The minimum atomic E-state index is -0.348. The normalized spacial score (nSPS) is 32.1. The number of nitrogens with zero attached hydrogens (tertiary/aromatic N) is 1. The van der Waals surface area contributed by atoms with Crippen molar-refractivity contribution in [2.75, 3.05) is 19.6 Å². The molecule has 1 N–H and O–H groups in total. The predicted octanol–water partition coefficient (Wildman–Crippen LogP) is 0.148. The molecule has 0 aromatic heterocycles. The van der Waals surface area contributed by atoms with Gasteiger partial charge >= 0.3 is 6.09 Å². The molecule has 15 heavy (non-hydrogen) atoms. The number of hydrogen-bond acceptors (Lipinski definition) is 4. The summed E-state index contributed by atoms with van der Waals surface area (Å²) in [6.07, 6.45) is 3.72. The van der Waals surface area contributed by atoms with Crippen LogP contribution in [0.1, 0.15) is 19.3 Å². The lowest BCUT2D eigenvalue weighted by Crippen LogP contribution is -2.45. The number of ether oxygens (including phenoxy) is 1. The number of rotatable bonds is 3. The molecule has 2 atom stereocenters. The zero-order chi connectivity index (χ0) is 10.7. The molecule has 0 aromatic carbocycles. The maximum atomic E-state index is 10.8. The van der Waals surface area contributed by atoms with Crippen LogP contribution >= 0.6 is 0 Å². The smallest absolute Gasteiger partial charge is 0.407 e. The van der Waals surface area contributed by atoms with Gasteiger partial charge in [0, 0.05) is 6.54 Å². The maximum absolute atomic E-state index is 10.8. The third-order valence-electron chi connectivity index (χ3n) is 3.01. The summed E-state index contributed by atoms with van der Waals surface area (Å²) in [5.74, 6) is 0. The molecule has 2 aliphatic rings. The van der Waals surface area contributed by atoms with Gasteiger partial charge in [-0.15, -0.1) is 0 Å². The number of amides is 1. The molecular weight excluding hydrogens is 196 g/mol. The Kier molecular flexibility index (Phi) is 3.20. The lowest BCUT2D eigenvalue weighted by molar-refractivity contribution is -0.113. The summed E-state index contributed by atoms with van der Waals surface area (Å²) in [5.41, 5.74) is 0. The highest BCUT2D eigenvalue weighted by atomic mass is 16.6. The van der Waals surface area contributed by atoms with Crippen LogP contribution in [0.3, 0.4) is 0 Å². The summed E-state index contributed by atoms with van der Waals surface area (Å²) in [6, 6.07) is 0.0121. The van der Waals surface area contributed by atoms with Crippen molar-refractivity contribution in [2.24, 2.45) is 0 Å². The maximum Gasteiger partial charge on any atom is 0.407 e. The molecule has 2 rings (SSSR count). The lowest BCUT2D eigenvalue weighted by atomic mass is 10.0. The first-order valence-corrected chi connectivity index (χ1v) is 5.43. The quantitative estimate of drug-likeness (QED) is 0.676. The van der Waals surface area contributed by atoms with Gasteiger partial charge in [-0.05, 0) is 19.4 Å². The first-order chi connectivity index (χ1) is 7.29. The van der Waals surface area contributed by atoms with Gasteiger partial charge in [-0.25, -0.2) is 4.79 Å². The van der Waals surface area contributed by atoms with Crippen LogP contribution in [0.2, 0.25) is 0 Å². The summed E-state index contributed by atoms with van der Waals surface area (Å²) >= 11 is 0. The Bertz CT molecular complexity index is 257. The standard InChI is InChI=1S/C10H16N2O3/c13-7-8-3-1-2-4-12(8)6-9-5-11-10(14)15-9/h7-9H,1-6H2,(H,11,14). The average Bonchev–Trinajstić information content (AvgIpc) is 2.65. The van der Waals surface area contributed by atoms with Crippen molar-refractivity contribution >= 4 is 12.4 Å². The van der Waals surface area contributed by atoms with E-state index in [0.29, 0.717) is 13.1 Å². The summed E-state index contributed by atoms with van der Waals surface area (Å²) < 4.78 is 5.05. The molecule has 0 spiro atoms. The van der Waals surface area contributed by atoms with Gasteiger partial charge in [0.15, 0.2) is 0 Å². The summed E-state index contributed by atoms with van der Waals surface area (Å²) in [6.45, 7) is 2.15. The van der Waals surface area contributed by atoms with E-state index >= 15 is 0 Å². The van der Waals surface area contributed by atoms with Crippen molar-refractivity contribution in [1.82, 2.24) is 10.2 Å². The monoisotopic (exact) mass is 212 g/mol. The van der Waals surface area contributed by atoms with Gasteiger partial charge in [-0.1, -0.05) is 6.42 Å². The van der Waals surface area contributed by atoms with Gasteiger partial charge < -0.3 is 14.8 Å². The van der Waals surface area contributed by atoms with Crippen LogP contribution in [-0.4, -0.2) is 49.1 Å². The number of carbonyl (C=O) groups is 2. The van der Waals surface area contributed by atoms with Crippen molar-refractivity contribution < 1.29 is 14.3 Å². The highest BCUT2D eigenvalue weighted by Crippen LogP contribution is 2.16. The molecule has 1 amide bonds. The Morgan fingerprint density at radius 3 is 3.07 bits per heavy atom. The number of piperidine rings is 1. The molecule has 0 bridgehead atoms. The van der Waals surface area contributed by atoms with Crippen LogP contribution in [0, 0.1) is 0 Å². The van der Waals surface area contributed by atoms with Gasteiger partial charge in [0.1, 0.15) is 12.4 Å². The van der Waals surface area contributed by atoms with Gasteiger partial charge in [-0.2, -0.15) is 0 Å². The Labute approximate surface area is 88.8 Å². The summed E-state index contributed by atoms with van der Waals surface area (Å²) in [5, 5.41) is 2.62. The topological polar surface area (TPSA) is 58.6 Å². The van der Waals surface area contributed by atoms with Crippen molar-refractivity contribution in [3.05, 3.63) is 0 Å². The van der Waals surface area contributed by atoms with E-state index in [0.717, 1.165) is 32.1 Å². The van der Waals surface area contributed by atoms with Crippen LogP contribution in [0.5, 0.6) is 0 Å². The first kappa shape index (κ1) is 10.4. The van der Waals surface area contributed by atoms with Gasteiger partial charge in [-0.3, -0.25) is 4.90 Å². The Hall–Kier alpha value is -1.10. The molecule has 2 saturated heterocycles. The molecule has 0 aromatic rings. The van der Waals surface area contributed by atoms with Gasteiger partial charge in [0.25, 0.3) is 0 Å². The number of nitrogens with one attached hydrogen (secondary N) is 1. The first-order valence-electron chi connectivity index (χ1n) is 5.43. The highest BCUT2D eigenvalue weighted by molar-refractivity contribution is 5.69. The van der Waals surface area contributed by atoms with Crippen LogP contribution in [0.15, 0.2) is 0 Å². The predicted molar refractivity (Wildman–Crippen MR) is 53.5 cm³/mol. The van der Waals surface area contributed by atoms with E-state index < -0.39 is 0 Å². The number of carbonyl (C=O) groups excluding carboxylic acids is 2. The molecule has 2 heterocycles. The van der Waals surface area contributed by atoms with Crippen LogP contribution in [0.4, 0.5) is 4.79 Å². The Morgan fingerprint density at radius 1 is 1.53 bits per heavy atom. The average molecular weight is 212 g/mol. The zero-order valence-corrected chi connectivity index (χ0v) is 8.65. The van der Waals surface area contributed by atoms with E-state index in [1.54, 1.807) is 0 Å². The van der Waals surface area contributed by atoms with E-state index in [2.05, 4.69) is 10.2 Å². The molecule has 84 valence electrons. The van der Waals surface area contributed by atoms with E-state index in [4.69, 9.17) is 4.74 Å². The van der Waals surface area contributed by atoms with Crippen molar-refractivity contribution in [1.29, 1.82) is 0 Å². The largest absolute Gasteiger partial charge is 0.443 e. The third-order valence-corrected chi connectivity index (χ3v) is 3.01. The number of aldehydes is 1. The molecule has 2 unspecified atom stereocenters. The van der Waals surface area contributed by atoms with E-state index in [-0.39, 0.29) is 18.2 Å². The van der Waals surface area contributed by atoms with Crippen molar-refractivity contribution in [3.63, 3.8) is 0 Å². The van der Waals surface area contributed by atoms with Crippen LogP contribution in [-0.2, 0) is 9.53 Å². The van der Waals surface area contributed by atoms with Crippen molar-refractivity contribution in [2.45, 2.75) is 31.4 Å². The fourth-order valence-corrected chi connectivity index (χ4v) is 2.19. The molecule has 0 saturated carbocycles. The fourth-order valence-electron chi connectivity index (χ4n) is 2.19. The number of cyclic esters (lactones) is 1. The Morgan fingerprint density at radius 2 is 2.40 bits per heavy atom. The number of likely N-dealkylation sites (tertiary alicyclic amines) is 1. The van der Waals surface area contributed by atoms with Gasteiger partial charge in [0.2, 0.25) is 0 Å². The van der Waals surface area contributed by atoms with E-state index in [1.807, 2.05) is 0 Å². The zero-order valence-electron chi connectivity index (χ0n) is 8.65. The van der Waals surface area contributed by atoms with Crippen LogP contribution in [0.25, 0.3) is 0 Å². The molecule has 2 fully saturated rings. The second-order valence-corrected chi connectivity index (χ2v) is 4.10. The number of alkyl carbamates (subject to hydrolysis) is 1. The van der Waals surface area contributed by atoms with Crippen molar-refractivity contribution in [3.8, 4) is 0 Å². The second kappa shape index (κ2) is 4.61. The summed E-state index contributed by atoms with van der Waals surface area (Å²) in [7, 11) is 0. The van der Waals surface area contributed by atoms with Crippen LogP contribution < -0.4 is 5.32 Å². The molecule has 0 aliphatic carbocycles. The van der Waals surface area contributed by atoms with E-state index in [9.17, 15) is 9.59 Å². The molecule has 0 radical (unpaired) electrons. The number of hydrogen-bond donors (Lipinski definition) is 1. The SMILES string of the molecule is O=CC1CCCCN1CC1CNC(=O)O1. The minimum absolute atomic E-state index is 0.0121. The highest BCUT2D eigenvalue weighted by Gasteiger charge is 2.29. The van der Waals surface area contributed by atoms with E-state index in [1.165, 1.54) is 0 Å². The fraction of sp³-hybridized carbons (Fsp3) is 0.800. The second-order valence-electron chi connectivity index (χ2n) is 4.10. The molecule has 2 aliphatic heterocycles. The summed E-state index contributed by atoms with van der Waals surface area (Å²) in [4.78, 5) is 23.8. The lowest BCUT2D eigenvalue weighted by Gasteiger charge is -2.33.